The number of halogens is 1. The first-order chi connectivity index (χ1) is 14.3. The van der Waals surface area contributed by atoms with E-state index in [9.17, 15) is 9.59 Å². The summed E-state index contributed by atoms with van der Waals surface area (Å²) in [5.41, 5.74) is 2.16. The van der Waals surface area contributed by atoms with Crippen LogP contribution < -0.4 is 4.90 Å². The van der Waals surface area contributed by atoms with Crippen molar-refractivity contribution in [2.45, 2.75) is 40.5 Å². The highest BCUT2D eigenvalue weighted by Crippen LogP contribution is 2.42. The molecule has 0 spiro atoms. The van der Waals surface area contributed by atoms with Gasteiger partial charge in [-0.05, 0) is 43.5 Å². The molecule has 0 bridgehead atoms. The van der Waals surface area contributed by atoms with Crippen LogP contribution >= 0.6 is 11.6 Å². The van der Waals surface area contributed by atoms with Crippen molar-refractivity contribution in [2.24, 2.45) is 5.41 Å². The van der Waals surface area contributed by atoms with Crippen LogP contribution in [-0.2, 0) is 9.53 Å². The highest BCUT2D eigenvalue weighted by atomic mass is 35.5. The molecule has 0 aromatic heterocycles. The molecule has 5 heteroatoms. The van der Waals surface area contributed by atoms with E-state index in [0.29, 0.717) is 40.3 Å². The van der Waals surface area contributed by atoms with E-state index < -0.39 is 5.97 Å². The number of hydrogen-bond donors (Lipinski definition) is 0. The third-order valence-electron chi connectivity index (χ3n) is 5.41. The summed E-state index contributed by atoms with van der Waals surface area (Å²) in [5.74, 6) is -0.129. The molecular weight excluding hydrogens is 398 g/mol. The van der Waals surface area contributed by atoms with Gasteiger partial charge in [-0.1, -0.05) is 49.7 Å². The van der Waals surface area contributed by atoms with E-state index in [-0.39, 0.29) is 11.2 Å². The lowest BCUT2D eigenvalue weighted by molar-refractivity contribution is -0.116. The molecule has 3 rings (SSSR count). The maximum Gasteiger partial charge on any atom is 0.343 e. The van der Waals surface area contributed by atoms with Crippen LogP contribution in [0.2, 0.25) is 5.02 Å². The van der Waals surface area contributed by atoms with E-state index in [4.69, 9.17) is 16.3 Å². The molecule has 1 aliphatic carbocycles. The Hall–Kier alpha value is -2.59. The number of benzene rings is 2. The van der Waals surface area contributed by atoms with Crippen LogP contribution in [0.15, 0.2) is 54.3 Å². The number of allylic oxidation sites excluding steroid dienone is 2. The fourth-order valence-corrected chi connectivity index (χ4v) is 4.13. The fourth-order valence-electron chi connectivity index (χ4n) is 3.90. The van der Waals surface area contributed by atoms with Crippen LogP contribution in [0, 0.1) is 5.41 Å². The van der Waals surface area contributed by atoms with E-state index >= 15 is 0 Å². The summed E-state index contributed by atoms with van der Waals surface area (Å²) in [7, 11) is 0. The minimum atomic E-state index is -0.464. The van der Waals surface area contributed by atoms with Crippen molar-refractivity contribution in [1.29, 1.82) is 0 Å². The fraction of sp³-hybridized carbons (Fsp3) is 0.360. The van der Waals surface area contributed by atoms with Crippen LogP contribution in [0.4, 0.5) is 5.69 Å². The molecule has 0 saturated carbocycles. The monoisotopic (exact) mass is 425 g/mol. The molecule has 0 atom stereocenters. The normalized spacial score (nSPS) is 15.8. The van der Waals surface area contributed by atoms with Crippen LogP contribution in [-0.4, -0.2) is 24.8 Å². The van der Waals surface area contributed by atoms with Gasteiger partial charge in [-0.15, -0.1) is 0 Å². The Kier molecular flexibility index (Phi) is 6.67. The lowest BCUT2D eigenvalue weighted by atomic mass is 9.75. The van der Waals surface area contributed by atoms with Gasteiger partial charge in [-0.3, -0.25) is 4.79 Å². The van der Waals surface area contributed by atoms with Crippen molar-refractivity contribution in [3.8, 4) is 0 Å². The van der Waals surface area contributed by atoms with E-state index in [2.05, 4.69) is 18.7 Å². The minimum absolute atomic E-state index is 0.0564. The summed E-state index contributed by atoms with van der Waals surface area (Å²) in [6, 6.07) is 14.6. The average Bonchev–Trinajstić information content (AvgIpc) is 2.69. The third kappa shape index (κ3) is 4.76. The second-order valence-corrected chi connectivity index (χ2v) is 8.74. The summed E-state index contributed by atoms with van der Waals surface area (Å²) in [6.45, 7) is 9.85. The molecule has 1 aliphatic rings. The Morgan fingerprint density at radius 1 is 1.07 bits per heavy atom. The lowest BCUT2D eigenvalue weighted by Crippen LogP contribution is -2.27. The second-order valence-electron chi connectivity index (χ2n) is 8.33. The lowest BCUT2D eigenvalue weighted by Gasteiger charge is -2.31. The van der Waals surface area contributed by atoms with Crippen LogP contribution in [0.25, 0.3) is 5.57 Å². The van der Waals surface area contributed by atoms with Crippen LogP contribution in [0.3, 0.4) is 0 Å². The molecule has 4 nitrogen and oxygen atoms in total. The van der Waals surface area contributed by atoms with Gasteiger partial charge in [0.05, 0.1) is 11.1 Å². The number of hydrogen-bond acceptors (Lipinski definition) is 4. The smallest absolute Gasteiger partial charge is 0.343 e. The maximum atomic E-state index is 13.0. The topological polar surface area (TPSA) is 46.6 Å². The number of carbonyl (C=O) groups is 2. The van der Waals surface area contributed by atoms with Crippen LogP contribution in [0.1, 0.15) is 56.5 Å². The Morgan fingerprint density at radius 3 is 2.43 bits per heavy atom. The number of rotatable bonds is 6. The van der Waals surface area contributed by atoms with Crippen molar-refractivity contribution >= 4 is 34.6 Å². The Bertz CT molecular complexity index is 989. The first-order valence-electron chi connectivity index (χ1n) is 10.3. The number of anilines is 1. The molecular formula is C25H28ClNO3. The van der Waals surface area contributed by atoms with Gasteiger partial charge in [-0.2, -0.15) is 0 Å². The Labute approximate surface area is 183 Å². The predicted octanol–water partition coefficient (Wildman–Crippen LogP) is 6.14. The summed E-state index contributed by atoms with van der Waals surface area (Å²) in [5, 5.41) is 0.470. The number of Topliss-reactive ketones (excluding diaryl/α,β-unsaturated/α-hetero) is 1. The van der Waals surface area contributed by atoms with Gasteiger partial charge in [-0.25, -0.2) is 4.79 Å². The Balaban J connectivity index is 2.00. The third-order valence-corrected chi connectivity index (χ3v) is 5.74. The molecule has 0 saturated heterocycles. The molecule has 0 aliphatic heterocycles. The zero-order chi connectivity index (χ0) is 21.9. The van der Waals surface area contributed by atoms with E-state index in [1.54, 1.807) is 18.2 Å². The van der Waals surface area contributed by atoms with E-state index in [1.807, 2.05) is 44.2 Å². The molecule has 0 N–H and O–H groups in total. The molecule has 158 valence electrons. The van der Waals surface area contributed by atoms with Crippen molar-refractivity contribution in [2.75, 3.05) is 18.0 Å². The zero-order valence-electron chi connectivity index (χ0n) is 18.0. The predicted molar refractivity (Wildman–Crippen MR) is 122 cm³/mol. The minimum Gasteiger partial charge on any atom is -0.427 e. The molecule has 0 heterocycles. The number of carbonyl (C=O) groups excluding carboxylic acids is 2. The van der Waals surface area contributed by atoms with Gasteiger partial charge in [0.1, 0.15) is 5.76 Å². The SMILES string of the molecule is CCN(CC)c1cccc(C(=O)OC2=C(c3ccccc3Cl)C(=O)CC(C)(C)C2)c1. The second kappa shape index (κ2) is 9.05. The van der Waals surface area contributed by atoms with Crippen molar-refractivity contribution in [3.63, 3.8) is 0 Å². The standard InChI is InChI=1S/C25H28ClNO3/c1-5-27(6-2)18-11-9-10-17(14-18)24(29)30-22-16-25(3,4)15-21(28)23(22)19-12-7-8-13-20(19)26/h7-14H,5-6,15-16H2,1-4H3. The summed E-state index contributed by atoms with van der Waals surface area (Å²) in [6.07, 6.45) is 0.868. The summed E-state index contributed by atoms with van der Waals surface area (Å²) < 4.78 is 5.85. The average molecular weight is 426 g/mol. The van der Waals surface area contributed by atoms with Gasteiger partial charge >= 0.3 is 5.97 Å². The number of ketones is 1. The molecule has 0 unspecified atom stereocenters. The maximum absolute atomic E-state index is 13.0. The van der Waals surface area contributed by atoms with E-state index in [0.717, 1.165) is 18.8 Å². The summed E-state index contributed by atoms with van der Waals surface area (Å²) >= 11 is 6.37. The Morgan fingerprint density at radius 2 is 1.77 bits per heavy atom. The molecule has 0 radical (unpaired) electrons. The van der Waals surface area contributed by atoms with Gasteiger partial charge in [0.15, 0.2) is 5.78 Å². The first kappa shape index (κ1) is 22.1. The largest absolute Gasteiger partial charge is 0.427 e. The quantitative estimate of drug-likeness (QED) is 0.521. The molecule has 30 heavy (non-hydrogen) atoms. The van der Waals surface area contributed by atoms with Gasteiger partial charge in [0, 0.05) is 42.2 Å². The van der Waals surface area contributed by atoms with Gasteiger partial charge in [0.25, 0.3) is 0 Å². The van der Waals surface area contributed by atoms with Crippen molar-refractivity contribution in [1.82, 2.24) is 0 Å². The summed E-state index contributed by atoms with van der Waals surface area (Å²) in [4.78, 5) is 28.2. The number of esters is 1. The van der Waals surface area contributed by atoms with Crippen molar-refractivity contribution in [3.05, 3.63) is 70.4 Å². The zero-order valence-corrected chi connectivity index (χ0v) is 18.8. The number of ether oxygens (including phenoxy) is 1. The van der Waals surface area contributed by atoms with Gasteiger partial charge in [0.2, 0.25) is 0 Å². The van der Waals surface area contributed by atoms with Gasteiger partial charge < -0.3 is 9.64 Å². The highest BCUT2D eigenvalue weighted by molar-refractivity contribution is 6.35. The highest BCUT2D eigenvalue weighted by Gasteiger charge is 2.36. The van der Waals surface area contributed by atoms with Crippen LogP contribution in [0.5, 0.6) is 0 Å². The number of nitrogens with zero attached hydrogens (tertiary/aromatic N) is 1. The molecule has 0 fully saturated rings. The molecule has 0 amide bonds. The van der Waals surface area contributed by atoms with E-state index in [1.165, 1.54) is 0 Å². The molecule has 2 aromatic carbocycles. The first-order valence-corrected chi connectivity index (χ1v) is 10.7. The van der Waals surface area contributed by atoms with Crippen molar-refractivity contribution < 1.29 is 14.3 Å². The molecule has 2 aromatic rings.